The molecule has 5 nitrogen and oxygen atoms in total. The predicted octanol–water partition coefficient (Wildman–Crippen LogP) is 2.55. The molecule has 1 heterocycles. The highest BCUT2D eigenvalue weighted by Crippen LogP contribution is 2.39. The van der Waals surface area contributed by atoms with Gasteiger partial charge >= 0.3 is 0 Å². The van der Waals surface area contributed by atoms with Gasteiger partial charge in [0.25, 0.3) is 5.91 Å². The second kappa shape index (κ2) is 4.76. The van der Waals surface area contributed by atoms with E-state index in [9.17, 15) is 4.79 Å². The standard InChI is InChI=1S/C14H15N3O2/c1-19-11-6-4-10(5-7-11)15-14(18)13-8-12(16-17-13)9-2-3-9/h4-9H,2-3H2,1H3,(H,15,18)(H,16,17). The molecule has 1 aromatic heterocycles. The molecule has 1 amide bonds. The number of ether oxygens (including phenoxy) is 1. The largest absolute Gasteiger partial charge is 0.497 e. The molecule has 1 aliphatic rings. The van der Waals surface area contributed by atoms with Crippen LogP contribution in [0, 0.1) is 0 Å². The molecule has 0 saturated heterocycles. The zero-order chi connectivity index (χ0) is 13.2. The number of aromatic amines is 1. The number of aromatic nitrogens is 2. The van der Waals surface area contributed by atoms with Gasteiger partial charge in [-0.3, -0.25) is 9.89 Å². The Bertz CT molecular complexity index is 585. The molecule has 1 aliphatic carbocycles. The molecule has 1 aromatic carbocycles. The summed E-state index contributed by atoms with van der Waals surface area (Å²) in [5.41, 5.74) is 2.21. The number of H-pyrrole nitrogens is 1. The van der Waals surface area contributed by atoms with Crippen LogP contribution < -0.4 is 10.1 Å². The van der Waals surface area contributed by atoms with Crippen LogP contribution in [0.2, 0.25) is 0 Å². The fourth-order valence-corrected chi connectivity index (χ4v) is 1.93. The second-order valence-corrected chi connectivity index (χ2v) is 4.67. The fraction of sp³-hybridized carbons (Fsp3) is 0.286. The molecule has 2 aromatic rings. The molecule has 3 rings (SSSR count). The van der Waals surface area contributed by atoms with Crippen molar-refractivity contribution in [2.24, 2.45) is 0 Å². The van der Waals surface area contributed by atoms with E-state index < -0.39 is 0 Å². The number of anilines is 1. The lowest BCUT2D eigenvalue weighted by atomic mass is 10.2. The molecule has 0 atom stereocenters. The van der Waals surface area contributed by atoms with Gasteiger partial charge in [0.05, 0.1) is 7.11 Å². The van der Waals surface area contributed by atoms with Gasteiger partial charge in [-0.2, -0.15) is 5.10 Å². The van der Waals surface area contributed by atoms with Crippen LogP contribution in [-0.2, 0) is 0 Å². The van der Waals surface area contributed by atoms with Crippen molar-refractivity contribution in [2.75, 3.05) is 12.4 Å². The summed E-state index contributed by atoms with van der Waals surface area (Å²) in [6, 6.07) is 9.03. The lowest BCUT2D eigenvalue weighted by Gasteiger charge is -2.04. The smallest absolute Gasteiger partial charge is 0.276 e. The average molecular weight is 257 g/mol. The summed E-state index contributed by atoms with van der Waals surface area (Å²) in [5, 5.41) is 9.77. The summed E-state index contributed by atoms with van der Waals surface area (Å²) >= 11 is 0. The zero-order valence-electron chi connectivity index (χ0n) is 10.6. The molecule has 0 aliphatic heterocycles. The molecule has 98 valence electrons. The van der Waals surface area contributed by atoms with Gasteiger partial charge in [0, 0.05) is 17.3 Å². The summed E-state index contributed by atoms with van der Waals surface area (Å²) in [6.45, 7) is 0. The zero-order valence-corrected chi connectivity index (χ0v) is 10.6. The van der Waals surface area contributed by atoms with E-state index in [-0.39, 0.29) is 5.91 Å². The maximum absolute atomic E-state index is 12.0. The van der Waals surface area contributed by atoms with Crippen LogP contribution in [-0.4, -0.2) is 23.2 Å². The van der Waals surface area contributed by atoms with Crippen molar-refractivity contribution in [3.8, 4) is 5.75 Å². The molecule has 5 heteroatoms. The number of methoxy groups -OCH3 is 1. The minimum atomic E-state index is -0.201. The SMILES string of the molecule is COc1ccc(NC(=O)c2cc(C3CC3)[nH]n2)cc1. The van der Waals surface area contributed by atoms with Gasteiger partial charge in [-0.1, -0.05) is 0 Å². The first-order valence-electron chi connectivity index (χ1n) is 6.27. The van der Waals surface area contributed by atoms with Crippen LogP contribution in [0.15, 0.2) is 30.3 Å². The Balaban J connectivity index is 1.68. The molecule has 0 bridgehead atoms. The average Bonchev–Trinajstić information content (AvgIpc) is 3.17. The number of nitrogens with zero attached hydrogens (tertiary/aromatic N) is 1. The maximum Gasteiger partial charge on any atom is 0.276 e. The first-order valence-corrected chi connectivity index (χ1v) is 6.27. The summed E-state index contributed by atoms with van der Waals surface area (Å²) < 4.78 is 5.07. The van der Waals surface area contributed by atoms with Gasteiger partial charge in [0.15, 0.2) is 5.69 Å². The minimum absolute atomic E-state index is 0.201. The van der Waals surface area contributed by atoms with Gasteiger partial charge in [-0.15, -0.1) is 0 Å². The Morgan fingerprint density at radius 3 is 2.74 bits per heavy atom. The lowest BCUT2D eigenvalue weighted by molar-refractivity contribution is 0.102. The van der Waals surface area contributed by atoms with Gasteiger partial charge < -0.3 is 10.1 Å². The van der Waals surface area contributed by atoms with Gasteiger partial charge in [-0.05, 0) is 43.2 Å². The first-order chi connectivity index (χ1) is 9.26. The summed E-state index contributed by atoms with van der Waals surface area (Å²) in [7, 11) is 1.61. The summed E-state index contributed by atoms with van der Waals surface area (Å²) in [6.07, 6.45) is 2.36. The number of carbonyl (C=O) groups excluding carboxylic acids is 1. The Labute approximate surface area is 111 Å². The third-order valence-corrected chi connectivity index (χ3v) is 3.20. The number of nitrogens with one attached hydrogen (secondary N) is 2. The van der Waals surface area contributed by atoms with Crippen molar-refractivity contribution in [3.05, 3.63) is 41.7 Å². The maximum atomic E-state index is 12.0. The van der Waals surface area contributed by atoms with Crippen molar-refractivity contribution in [3.63, 3.8) is 0 Å². The molecule has 0 radical (unpaired) electrons. The number of hydrogen-bond acceptors (Lipinski definition) is 3. The monoisotopic (exact) mass is 257 g/mol. The number of rotatable bonds is 4. The van der Waals surface area contributed by atoms with Crippen LogP contribution in [0.3, 0.4) is 0 Å². The third-order valence-electron chi connectivity index (χ3n) is 3.20. The molecule has 1 saturated carbocycles. The van der Waals surface area contributed by atoms with Crippen molar-refractivity contribution in [1.82, 2.24) is 10.2 Å². The van der Waals surface area contributed by atoms with Crippen molar-refractivity contribution < 1.29 is 9.53 Å². The summed E-state index contributed by atoms with van der Waals surface area (Å²) in [4.78, 5) is 12.0. The number of hydrogen-bond donors (Lipinski definition) is 2. The first kappa shape index (κ1) is 11.8. The number of carbonyl (C=O) groups is 1. The van der Waals surface area contributed by atoms with E-state index in [1.807, 2.05) is 6.07 Å². The van der Waals surface area contributed by atoms with Crippen molar-refractivity contribution in [1.29, 1.82) is 0 Å². The van der Waals surface area contributed by atoms with Crippen LogP contribution >= 0.6 is 0 Å². The van der Waals surface area contributed by atoms with Crippen LogP contribution in [0.5, 0.6) is 5.75 Å². The molecule has 0 spiro atoms. The normalized spacial score (nSPS) is 14.2. The van der Waals surface area contributed by atoms with Crippen LogP contribution in [0.1, 0.15) is 34.9 Å². The molecular weight excluding hydrogens is 242 g/mol. The Morgan fingerprint density at radius 1 is 1.37 bits per heavy atom. The van der Waals surface area contributed by atoms with Gasteiger partial charge in [0.2, 0.25) is 0 Å². The molecule has 2 N–H and O–H groups in total. The molecular formula is C14H15N3O2. The highest BCUT2D eigenvalue weighted by Gasteiger charge is 2.26. The Kier molecular flexibility index (Phi) is 2.95. The van der Waals surface area contributed by atoms with Crippen LogP contribution in [0.25, 0.3) is 0 Å². The van der Waals surface area contributed by atoms with E-state index in [1.165, 1.54) is 12.8 Å². The van der Waals surface area contributed by atoms with E-state index in [2.05, 4.69) is 15.5 Å². The highest BCUT2D eigenvalue weighted by molar-refractivity contribution is 6.02. The predicted molar refractivity (Wildman–Crippen MR) is 71.5 cm³/mol. The van der Waals surface area contributed by atoms with Crippen molar-refractivity contribution in [2.45, 2.75) is 18.8 Å². The lowest BCUT2D eigenvalue weighted by Crippen LogP contribution is -2.12. The van der Waals surface area contributed by atoms with E-state index in [4.69, 9.17) is 4.74 Å². The topological polar surface area (TPSA) is 67.0 Å². The van der Waals surface area contributed by atoms with Gasteiger partial charge in [-0.25, -0.2) is 0 Å². The third kappa shape index (κ3) is 2.59. The van der Waals surface area contributed by atoms with Crippen molar-refractivity contribution >= 4 is 11.6 Å². The molecule has 19 heavy (non-hydrogen) atoms. The van der Waals surface area contributed by atoms with E-state index in [1.54, 1.807) is 31.4 Å². The molecule has 0 unspecified atom stereocenters. The Morgan fingerprint density at radius 2 is 2.11 bits per heavy atom. The fourth-order valence-electron chi connectivity index (χ4n) is 1.93. The van der Waals surface area contributed by atoms with Crippen LogP contribution in [0.4, 0.5) is 5.69 Å². The quantitative estimate of drug-likeness (QED) is 0.884. The van der Waals surface area contributed by atoms with E-state index >= 15 is 0 Å². The minimum Gasteiger partial charge on any atom is -0.497 e. The number of benzene rings is 1. The highest BCUT2D eigenvalue weighted by atomic mass is 16.5. The van der Waals surface area contributed by atoms with Gasteiger partial charge in [0.1, 0.15) is 5.75 Å². The van der Waals surface area contributed by atoms with E-state index in [0.717, 1.165) is 17.1 Å². The number of amides is 1. The molecule has 1 fully saturated rings. The van der Waals surface area contributed by atoms with E-state index in [0.29, 0.717) is 11.6 Å². The summed E-state index contributed by atoms with van der Waals surface area (Å²) in [5.74, 6) is 1.12. The second-order valence-electron chi connectivity index (χ2n) is 4.67. The Hall–Kier alpha value is -2.30.